The lowest BCUT2D eigenvalue weighted by Gasteiger charge is -2.32. The average molecular weight is 340 g/mol. The molecule has 1 aliphatic rings. The molecule has 1 heterocycles. The van der Waals surface area contributed by atoms with E-state index in [-0.39, 0.29) is 18.3 Å². The van der Waals surface area contributed by atoms with Gasteiger partial charge in [0, 0.05) is 25.2 Å². The molecule has 1 saturated heterocycles. The Labute approximate surface area is 148 Å². The third kappa shape index (κ3) is 5.13. The third-order valence-corrected chi connectivity index (χ3v) is 4.88. The molecule has 2 aromatic rings. The largest absolute Gasteiger partial charge is 0.342 e. The van der Waals surface area contributed by atoms with Crippen LogP contribution in [0, 0.1) is 11.7 Å². The molecular weight excluding hydrogens is 315 g/mol. The maximum absolute atomic E-state index is 13.6. The molecule has 0 atom stereocenters. The quantitative estimate of drug-likeness (QED) is 0.874. The molecule has 3 rings (SSSR count). The molecule has 0 unspecified atom stereocenters. The number of hydrogen-bond donors (Lipinski definition) is 1. The summed E-state index contributed by atoms with van der Waals surface area (Å²) in [5.41, 5.74) is 1.97. The Balaban J connectivity index is 1.39. The Kier molecular flexibility index (Phi) is 6.18. The van der Waals surface area contributed by atoms with Crippen LogP contribution in [-0.4, -0.2) is 30.4 Å². The fourth-order valence-corrected chi connectivity index (χ4v) is 3.39. The molecule has 0 radical (unpaired) electrons. The Morgan fingerprint density at radius 2 is 1.72 bits per heavy atom. The van der Waals surface area contributed by atoms with E-state index in [9.17, 15) is 9.18 Å². The lowest BCUT2D eigenvalue weighted by molar-refractivity contribution is -0.131. The summed E-state index contributed by atoms with van der Waals surface area (Å²) in [6.45, 7) is 2.27. The molecule has 0 bridgehead atoms. The highest BCUT2D eigenvalue weighted by molar-refractivity contribution is 5.78. The first-order valence-corrected chi connectivity index (χ1v) is 8.98. The molecule has 2 aromatic carbocycles. The molecule has 1 fully saturated rings. The smallest absolute Gasteiger partial charge is 0.236 e. The van der Waals surface area contributed by atoms with Gasteiger partial charge in [-0.2, -0.15) is 0 Å². The molecular formula is C21H25FN2O. The van der Waals surface area contributed by atoms with Crippen LogP contribution in [0.1, 0.15) is 24.0 Å². The van der Waals surface area contributed by atoms with E-state index in [2.05, 4.69) is 29.6 Å². The Morgan fingerprint density at radius 3 is 2.44 bits per heavy atom. The van der Waals surface area contributed by atoms with Gasteiger partial charge in [-0.15, -0.1) is 0 Å². The van der Waals surface area contributed by atoms with Crippen molar-refractivity contribution >= 4 is 5.91 Å². The van der Waals surface area contributed by atoms with Gasteiger partial charge >= 0.3 is 0 Å². The molecule has 1 N–H and O–H groups in total. The number of likely N-dealkylation sites (tertiary alicyclic amines) is 1. The Morgan fingerprint density at radius 1 is 1.04 bits per heavy atom. The predicted octanol–water partition coefficient (Wildman–Crippen LogP) is 3.40. The molecule has 0 aromatic heterocycles. The second-order valence-corrected chi connectivity index (χ2v) is 6.71. The van der Waals surface area contributed by atoms with Gasteiger partial charge in [0.15, 0.2) is 0 Å². The summed E-state index contributed by atoms with van der Waals surface area (Å²) in [7, 11) is 0. The van der Waals surface area contributed by atoms with E-state index in [1.54, 1.807) is 18.2 Å². The molecule has 1 aliphatic heterocycles. The van der Waals surface area contributed by atoms with Crippen molar-refractivity contribution in [3.63, 3.8) is 0 Å². The van der Waals surface area contributed by atoms with Crippen molar-refractivity contribution in [1.82, 2.24) is 10.2 Å². The van der Waals surface area contributed by atoms with Crippen LogP contribution in [0.3, 0.4) is 0 Å². The summed E-state index contributed by atoms with van der Waals surface area (Å²) in [6, 6.07) is 17.2. The number of carbonyl (C=O) groups excluding carboxylic acids is 1. The summed E-state index contributed by atoms with van der Waals surface area (Å²) >= 11 is 0. The summed E-state index contributed by atoms with van der Waals surface area (Å²) < 4.78 is 13.6. The van der Waals surface area contributed by atoms with Crippen LogP contribution in [0.15, 0.2) is 54.6 Å². The van der Waals surface area contributed by atoms with E-state index >= 15 is 0 Å². The minimum absolute atomic E-state index is 0.106. The zero-order chi connectivity index (χ0) is 17.5. The zero-order valence-corrected chi connectivity index (χ0v) is 14.5. The molecule has 1 amide bonds. The summed E-state index contributed by atoms with van der Waals surface area (Å²) in [5, 5.41) is 3.06. The number of amides is 1. The topological polar surface area (TPSA) is 32.3 Å². The minimum atomic E-state index is -0.232. The fourth-order valence-electron chi connectivity index (χ4n) is 3.39. The van der Waals surface area contributed by atoms with Gasteiger partial charge in [0.2, 0.25) is 5.91 Å². The number of benzene rings is 2. The zero-order valence-electron chi connectivity index (χ0n) is 14.5. The summed E-state index contributed by atoms with van der Waals surface area (Å²) in [5.74, 6) is 0.525. The van der Waals surface area contributed by atoms with E-state index in [1.807, 2.05) is 11.0 Å². The maximum Gasteiger partial charge on any atom is 0.236 e. The van der Waals surface area contributed by atoms with Gasteiger partial charge in [0.05, 0.1) is 6.54 Å². The molecule has 0 saturated carbocycles. The van der Waals surface area contributed by atoms with Crippen LogP contribution in [0.5, 0.6) is 0 Å². The minimum Gasteiger partial charge on any atom is -0.342 e. The van der Waals surface area contributed by atoms with Crippen molar-refractivity contribution in [2.45, 2.75) is 25.8 Å². The van der Waals surface area contributed by atoms with E-state index < -0.39 is 0 Å². The number of halogens is 1. The first-order chi connectivity index (χ1) is 12.2. The van der Waals surface area contributed by atoms with Gasteiger partial charge in [0.25, 0.3) is 0 Å². The second kappa shape index (κ2) is 8.77. The summed E-state index contributed by atoms with van der Waals surface area (Å²) in [6.07, 6.45) is 3.19. The number of nitrogens with zero attached hydrogens (tertiary/aromatic N) is 1. The van der Waals surface area contributed by atoms with E-state index in [0.29, 0.717) is 18.0 Å². The number of rotatable bonds is 6. The third-order valence-electron chi connectivity index (χ3n) is 4.88. The van der Waals surface area contributed by atoms with Crippen LogP contribution >= 0.6 is 0 Å². The van der Waals surface area contributed by atoms with Crippen LogP contribution < -0.4 is 5.32 Å². The van der Waals surface area contributed by atoms with Crippen molar-refractivity contribution in [3.05, 3.63) is 71.5 Å². The van der Waals surface area contributed by atoms with Crippen LogP contribution in [0.2, 0.25) is 0 Å². The second-order valence-electron chi connectivity index (χ2n) is 6.71. The van der Waals surface area contributed by atoms with E-state index in [1.165, 1.54) is 11.6 Å². The molecule has 25 heavy (non-hydrogen) atoms. The molecule has 3 nitrogen and oxygen atoms in total. The van der Waals surface area contributed by atoms with Crippen LogP contribution in [0.25, 0.3) is 0 Å². The number of nitrogens with one attached hydrogen (secondary N) is 1. The van der Waals surface area contributed by atoms with Crippen molar-refractivity contribution in [1.29, 1.82) is 0 Å². The lowest BCUT2D eigenvalue weighted by Crippen LogP contribution is -2.43. The van der Waals surface area contributed by atoms with E-state index in [0.717, 1.165) is 32.4 Å². The van der Waals surface area contributed by atoms with Gasteiger partial charge < -0.3 is 10.2 Å². The maximum atomic E-state index is 13.6. The van der Waals surface area contributed by atoms with Crippen LogP contribution in [0.4, 0.5) is 4.39 Å². The van der Waals surface area contributed by atoms with Crippen molar-refractivity contribution in [2.24, 2.45) is 5.92 Å². The SMILES string of the molecule is O=C(CNCc1ccccc1F)N1CCC(Cc2ccccc2)CC1. The van der Waals surface area contributed by atoms with E-state index in [4.69, 9.17) is 0 Å². The van der Waals surface area contributed by atoms with Crippen molar-refractivity contribution in [3.8, 4) is 0 Å². The monoisotopic (exact) mass is 340 g/mol. The van der Waals surface area contributed by atoms with Gasteiger partial charge in [-0.05, 0) is 36.8 Å². The van der Waals surface area contributed by atoms with Gasteiger partial charge in [0.1, 0.15) is 5.82 Å². The standard InChI is InChI=1S/C21H25FN2O/c22-20-9-5-4-8-19(20)15-23-16-21(25)24-12-10-18(11-13-24)14-17-6-2-1-3-7-17/h1-9,18,23H,10-16H2. The molecule has 132 valence electrons. The van der Waals surface area contributed by atoms with Crippen molar-refractivity contribution in [2.75, 3.05) is 19.6 Å². The Hall–Kier alpha value is -2.20. The molecule has 4 heteroatoms. The first-order valence-electron chi connectivity index (χ1n) is 8.98. The average Bonchev–Trinajstić information content (AvgIpc) is 2.65. The predicted molar refractivity (Wildman–Crippen MR) is 97.6 cm³/mol. The van der Waals surface area contributed by atoms with Gasteiger partial charge in [-0.3, -0.25) is 4.79 Å². The molecule has 0 aliphatic carbocycles. The number of piperidine rings is 1. The first kappa shape index (κ1) is 17.6. The highest BCUT2D eigenvalue weighted by Crippen LogP contribution is 2.21. The van der Waals surface area contributed by atoms with Gasteiger partial charge in [-0.25, -0.2) is 4.39 Å². The number of carbonyl (C=O) groups is 1. The van der Waals surface area contributed by atoms with Gasteiger partial charge in [-0.1, -0.05) is 48.5 Å². The highest BCUT2D eigenvalue weighted by Gasteiger charge is 2.22. The normalized spacial score (nSPS) is 15.3. The fraction of sp³-hybridized carbons (Fsp3) is 0.381. The highest BCUT2D eigenvalue weighted by atomic mass is 19.1. The number of hydrogen-bond acceptors (Lipinski definition) is 2. The summed E-state index contributed by atoms with van der Waals surface area (Å²) in [4.78, 5) is 14.2. The Bertz CT molecular complexity index is 681. The molecule has 0 spiro atoms. The van der Waals surface area contributed by atoms with Crippen molar-refractivity contribution < 1.29 is 9.18 Å². The lowest BCUT2D eigenvalue weighted by atomic mass is 9.90. The van der Waals surface area contributed by atoms with Crippen LogP contribution in [-0.2, 0) is 17.8 Å².